The SMILES string of the molecule is CCN1c2ccccc2Sc2oc(C(C)C)c(-c3ccccc3)c21. The first kappa shape index (κ1) is 15.4. The van der Waals surface area contributed by atoms with Gasteiger partial charge in [0.05, 0.1) is 5.69 Å². The van der Waals surface area contributed by atoms with E-state index in [1.54, 1.807) is 11.8 Å². The van der Waals surface area contributed by atoms with Crippen LogP contribution < -0.4 is 4.90 Å². The Morgan fingerprint density at radius 1 is 1.00 bits per heavy atom. The molecule has 2 heterocycles. The standard InChI is InChI=1S/C21H21NOS/c1-4-22-16-12-8-9-13-17(16)24-21-19(22)18(20(23-21)14(2)3)15-10-6-5-7-11-15/h5-14H,4H2,1-3H3. The predicted octanol–water partition coefficient (Wildman–Crippen LogP) is 6.69. The van der Waals surface area contributed by atoms with Gasteiger partial charge in [0.1, 0.15) is 11.4 Å². The molecule has 0 saturated heterocycles. The Kier molecular flexibility index (Phi) is 3.89. The highest BCUT2D eigenvalue weighted by molar-refractivity contribution is 7.99. The third-order valence-corrected chi connectivity index (χ3v) is 5.44. The van der Waals surface area contributed by atoms with E-state index < -0.39 is 0 Å². The van der Waals surface area contributed by atoms with Gasteiger partial charge in [-0.2, -0.15) is 0 Å². The van der Waals surface area contributed by atoms with E-state index in [0.29, 0.717) is 5.92 Å². The molecule has 0 atom stereocenters. The van der Waals surface area contributed by atoms with E-state index in [4.69, 9.17) is 4.42 Å². The molecule has 3 heteroatoms. The van der Waals surface area contributed by atoms with Crippen LogP contribution in [-0.2, 0) is 0 Å². The monoisotopic (exact) mass is 335 g/mol. The van der Waals surface area contributed by atoms with Crippen molar-refractivity contribution in [3.63, 3.8) is 0 Å². The van der Waals surface area contributed by atoms with Gasteiger partial charge in [-0.05, 0) is 36.4 Å². The van der Waals surface area contributed by atoms with Crippen LogP contribution in [0.1, 0.15) is 32.4 Å². The normalized spacial score (nSPS) is 13.1. The van der Waals surface area contributed by atoms with Gasteiger partial charge in [-0.1, -0.05) is 56.3 Å². The molecular formula is C21H21NOS. The zero-order chi connectivity index (χ0) is 16.7. The minimum atomic E-state index is 0.341. The van der Waals surface area contributed by atoms with Crippen LogP contribution in [0.2, 0.25) is 0 Å². The Hall–Kier alpha value is -2.13. The maximum Gasteiger partial charge on any atom is 0.189 e. The third-order valence-electron chi connectivity index (χ3n) is 4.41. The van der Waals surface area contributed by atoms with E-state index in [9.17, 15) is 0 Å². The number of anilines is 2. The summed E-state index contributed by atoms with van der Waals surface area (Å²) in [6.45, 7) is 7.52. The summed E-state index contributed by atoms with van der Waals surface area (Å²) in [6.07, 6.45) is 0. The van der Waals surface area contributed by atoms with Gasteiger partial charge in [0.25, 0.3) is 0 Å². The van der Waals surface area contributed by atoms with Gasteiger partial charge >= 0.3 is 0 Å². The molecule has 3 aromatic rings. The lowest BCUT2D eigenvalue weighted by atomic mass is 9.98. The fourth-order valence-corrected chi connectivity index (χ4v) is 4.41. The van der Waals surface area contributed by atoms with Crippen LogP contribution in [0.4, 0.5) is 11.4 Å². The highest BCUT2D eigenvalue weighted by Gasteiger charge is 2.32. The molecule has 0 unspecified atom stereocenters. The second-order valence-corrected chi connectivity index (χ2v) is 7.33. The van der Waals surface area contributed by atoms with Crippen molar-refractivity contribution in [2.24, 2.45) is 0 Å². The van der Waals surface area contributed by atoms with Crippen molar-refractivity contribution in [3.8, 4) is 11.1 Å². The van der Waals surface area contributed by atoms with E-state index in [-0.39, 0.29) is 0 Å². The molecular weight excluding hydrogens is 314 g/mol. The molecule has 2 aromatic carbocycles. The van der Waals surface area contributed by atoms with Crippen molar-refractivity contribution < 1.29 is 4.42 Å². The van der Waals surface area contributed by atoms with Gasteiger partial charge < -0.3 is 9.32 Å². The maximum atomic E-state index is 6.36. The molecule has 1 aliphatic rings. The van der Waals surface area contributed by atoms with Gasteiger partial charge in [-0.15, -0.1) is 0 Å². The Bertz CT molecular complexity index is 867. The first-order valence-corrected chi connectivity index (χ1v) is 9.28. The molecule has 1 aliphatic heterocycles. The topological polar surface area (TPSA) is 16.4 Å². The van der Waals surface area contributed by atoms with E-state index in [2.05, 4.69) is 80.3 Å². The highest BCUT2D eigenvalue weighted by atomic mass is 32.2. The molecule has 122 valence electrons. The summed E-state index contributed by atoms with van der Waals surface area (Å²) in [5.74, 6) is 1.41. The van der Waals surface area contributed by atoms with Crippen molar-refractivity contribution in [2.45, 2.75) is 36.7 Å². The lowest BCUT2D eigenvalue weighted by Gasteiger charge is -2.30. The van der Waals surface area contributed by atoms with Gasteiger partial charge in [0.15, 0.2) is 5.09 Å². The Labute approximate surface area is 147 Å². The third kappa shape index (κ3) is 2.35. The number of nitrogens with zero attached hydrogens (tertiary/aromatic N) is 1. The molecule has 0 bridgehead atoms. The molecule has 0 amide bonds. The zero-order valence-electron chi connectivity index (χ0n) is 14.2. The number of hydrogen-bond donors (Lipinski definition) is 0. The average Bonchev–Trinajstić information content (AvgIpc) is 2.99. The first-order valence-electron chi connectivity index (χ1n) is 8.47. The first-order chi connectivity index (χ1) is 11.7. The Balaban J connectivity index is 1.98. The van der Waals surface area contributed by atoms with E-state index in [1.807, 2.05) is 0 Å². The summed E-state index contributed by atoms with van der Waals surface area (Å²) in [4.78, 5) is 3.65. The molecule has 0 fully saturated rings. The molecule has 4 rings (SSSR count). The number of hydrogen-bond acceptors (Lipinski definition) is 3. The van der Waals surface area contributed by atoms with E-state index >= 15 is 0 Å². The smallest absolute Gasteiger partial charge is 0.189 e. The van der Waals surface area contributed by atoms with Crippen molar-refractivity contribution >= 4 is 23.1 Å². The van der Waals surface area contributed by atoms with Crippen LogP contribution in [0, 0.1) is 0 Å². The summed E-state index contributed by atoms with van der Waals surface area (Å²) in [5.41, 5.74) is 4.95. The lowest BCUT2D eigenvalue weighted by molar-refractivity contribution is 0.416. The average molecular weight is 335 g/mol. The van der Waals surface area contributed by atoms with Crippen LogP contribution in [-0.4, -0.2) is 6.54 Å². The quantitative estimate of drug-likeness (QED) is 0.530. The lowest BCUT2D eigenvalue weighted by Crippen LogP contribution is -2.19. The van der Waals surface area contributed by atoms with Crippen LogP contribution >= 0.6 is 11.8 Å². The molecule has 0 aliphatic carbocycles. The molecule has 0 radical (unpaired) electrons. The van der Waals surface area contributed by atoms with Crippen molar-refractivity contribution in [3.05, 3.63) is 60.4 Å². The molecule has 0 N–H and O–H groups in total. The van der Waals surface area contributed by atoms with E-state index in [1.165, 1.54) is 27.4 Å². The minimum Gasteiger partial charge on any atom is -0.451 e. The molecule has 0 saturated carbocycles. The second-order valence-electron chi connectivity index (χ2n) is 6.31. The predicted molar refractivity (Wildman–Crippen MR) is 101 cm³/mol. The maximum absolute atomic E-state index is 6.36. The summed E-state index contributed by atoms with van der Waals surface area (Å²) >= 11 is 1.74. The molecule has 2 nitrogen and oxygen atoms in total. The van der Waals surface area contributed by atoms with E-state index in [0.717, 1.165) is 17.4 Å². The molecule has 1 aromatic heterocycles. The second kappa shape index (κ2) is 6.06. The summed E-state index contributed by atoms with van der Waals surface area (Å²) in [5, 5.41) is 1.01. The molecule has 24 heavy (non-hydrogen) atoms. The van der Waals surface area contributed by atoms with Crippen LogP contribution in [0.3, 0.4) is 0 Å². The van der Waals surface area contributed by atoms with Crippen molar-refractivity contribution in [2.75, 3.05) is 11.4 Å². The number of rotatable bonds is 3. The van der Waals surface area contributed by atoms with Crippen LogP contribution in [0.5, 0.6) is 0 Å². The zero-order valence-corrected chi connectivity index (χ0v) is 15.1. The van der Waals surface area contributed by atoms with Gasteiger partial charge in [0.2, 0.25) is 0 Å². The number of para-hydroxylation sites is 1. The van der Waals surface area contributed by atoms with Gasteiger partial charge in [-0.3, -0.25) is 0 Å². The summed E-state index contributed by atoms with van der Waals surface area (Å²) in [7, 11) is 0. The van der Waals surface area contributed by atoms with Gasteiger partial charge in [-0.25, -0.2) is 0 Å². The fourth-order valence-electron chi connectivity index (χ4n) is 3.34. The summed E-state index contributed by atoms with van der Waals surface area (Å²) in [6, 6.07) is 19.2. The van der Waals surface area contributed by atoms with Gasteiger partial charge in [0, 0.05) is 22.9 Å². The number of furan rings is 1. The largest absolute Gasteiger partial charge is 0.451 e. The number of fused-ring (bicyclic) bond motifs is 2. The molecule has 0 spiro atoms. The number of benzene rings is 2. The highest BCUT2D eigenvalue weighted by Crippen LogP contribution is 2.55. The van der Waals surface area contributed by atoms with Crippen molar-refractivity contribution in [1.82, 2.24) is 0 Å². The van der Waals surface area contributed by atoms with Crippen LogP contribution in [0.25, 0.3) is 11.1 Å². The van der Waals surface area contributed by atoms with Crippen molar-refractivity contribution in [1.29, 1.82) is 0 Å². The van der Waals surface area contributed by atoms with Crippen LogP contribution in [0.15, 0.2) is 69.0 Å². The Morgan fingerprint density at radius 2 is 1.71 bits per heavy atom. The summed E-state index contributed by atoms with van der Waals surface area (Å²) < 4.78 is 6.36. The Morgan fingerprint density at radius 3 is 2.42 bits per heavy atom. The fraction of sp³-hybridized carbons (Fsp3) is 0.238. The minimum absolute atomic E-state index is 0.341.